The van der Waals surface area contributed by atoms with Gasteiger partial charge >= 0.3 is 0 Å². The molecule has 1 aromatic heterocycles. The van der Waals surface area contributed by atoms with E-state index in [1.54, 1.807) is 19.1 Å². The van der Waals surface area contributed by atoms with Crippen LogP contribution < -0.4 is 14.4 Å². The monoisotopic (exact) mass is 483 g/mol. The molecule has 0 radical (unpaired) electrons. The van der Waals surface area contributed by atoms with E-state index in [9.17, 15) is 9.59 Å². The maximum absolute atomic E-state index is 13.0. The summed E-state index contributed by atoms with van der Waals surface area (Å²) < 4.78 is 10.7. The second-order valence-electron chi connectivity index (χ2n) is 9.09. The molecule has 3 rings (SSSR count). The Balaban J connectivity index is 1.62. The zero-order valence-corrected chi connectivity index (χ0v) is 21.7. The molecule has 1 aliphatic rings. The van der Waals surface area contributed by atoms with Gasteiger partial charge in [-0.3, -0.25) is 9.59 Å². The van der Waals surface area contributed by atoms with Gasteiger partial charge in [0.2, 0.25) is 11.8 Å². The van der Waals surface area contributed by atoms with Crippen LogP contribution in [0.3, 0.4) is 0 Å². The molecule has 0 bridgehead atoms. The smallest absolute Gasteiger partial charge is 0.242 e. The maximum Gasteiger partial charge on any atom is 0.242 e. The summed E-state index contributed by atoms with van der Waals surface area (Å²) >= 11 is 0. The minimum atomic E-state index is -0.131. The highest BCUT2D eigenvalue weighted by Gasteiger charge is 2.28. The van der Waals surface area contributed by atoms with Gasteiger partial charge in [0.15, 0.2) is 5.82 Å². The fourth-order valence-corrected chi connectivity index (χ4v) is 4.08. The van der Waals surface area contributed by atoms with E-state index < -0.39 is 0 Å². The molecule has 2 heterocycles. The second kappa shape index (κ2) is 11.9. The van der Waals surface area contributed by atoms with Crippen LogP contribution >= 0.6 is 0 Å². The molecule has 2 amide bonds. The number of hydrogen-bond acceptors (Lipinski definition) is 7. The number of aromatic nitrogens is 2. The zero-order chi connectivity index (χ0) is 25.5. The van der Waals surface area contributed by atoms with Crippen LogP contribution in [0.25, 0.3) is 11.3 Å². The molecule has 0 saturated carbocycles. The molecule has 0 spiro atoms. The second-order valence-corrected chi connectivity index (χ2v) is 9.09. The van der Waals surface area contributed by atoms with Crippen molar-refractivity contribution in [1.82, 2.24) is 20.0 Å². The van der Waals surface area contributed by atoms with Crippen LogP contribution in [-0.4, -0.2) is 84.8 Å². The summed E-state index contributed by atoms with van der Waals surface area (Å²) in [4.78, 5) is 31.3. The van der Waals surface area contributed by atoms with Gasteiger partial charge in [0.1, 0.15) is 11.5 Å². The van der Waals surface area contributed by atoms with Gasteiger partial charge in [0.25, 0.3) is 0 Å². The molecule has 0 aliphatic carbocycles. The van der Waals surface area contributed by atoms with E-state index in [4.69, 9.17) is 9.47 Å². The summed E-state index contributed by atoms with van der Waals surface area (Å²) in [6.07, 6.45) is 0.816. The van der Waals surface area contributed by atoms with Crippen LogP contribution in [0.15, 0.2) is 30.3 Å². The zero-order valence-electron chi connectivity index (χ0n) is 21.7. The highest BCUT2D eigenvalue weighted by Crippen LogP contribution is 2.32. The van der Waals surface area contributed by atoms with Crippen molar-refractivity contribution in [2.24, 2.45) is 5.92 Å². The third-order valence-electron chi connectivity index (χ3n) is 6.50. The van der Waals surface area contributed by atoms with Crippen LogP contribution in [0.4, 0.5) is 5.82 Å². The lowest BCUT2D eigenvalue weighted by molar-refractivity contribution is -0.144. The summed E-state index contributed by atoms with van der Waals surface area (Å²) in [6.45, 7) is 10.4. The molecule has 1 atom stereocenters. The molecule has 0 N–H and O–H groups in total. The van der Waals surface area contributed by atoms with Gasteiger partial charge in [0.05, 0.1) is 26.5 Å². The fraction of sp³-hybridized carbons (Fsp3) is 0.538. The standard InChI is InChI=1S/C26H37N5O4/c1-7-19(4)31(26(33)18(2)3)17-25(32)30-14-12-29(13-15-30)24-11-10-22(27-28-24)21-9-8-20(34-5)16-23(21)35-6/h8-11,16,18-19H,7,12-15,17H2,1-6H3. The van der Waals surface area contributed by atoms with Gasteiger partial charge in [-0.15, -0.1) is 10.2 Å². The van der Waals surface area contributed by atoms with Gasteiger partial charge < -0.3 is 24.2 Å². The van der Waals surface area contributed by atoms with Gasteiger partial charge in [-0.25, -0.2) is 0 Å². The molecule has 1 fully saturated rings. The first kappa shape index (κ1) is 26.2. The number of piperazine rings is 1. The highest BCUT2D eigenvalue weighted by atomic mass is 16.5. The number of benzene rings is 1. The summed E-state index contributed by atoms with van der Waals surface area (Å²) in [6, 6.07) is 9.48. The molecule has 1 unspecified atom stereocenters. The lowest BCUT2D eigenvalue weighted by Crippen LogP contribution is -2.53. The summed E-state index contributed by atoms with van der Waals surface area (Å²) in [5.41, 5.74) is 1.55. The third-order valence-corrected chi connectivity index (χ3v) is 6.50. The maximum atomic E-state index is 13.0. The van der Waals surface area contributed by atoms with E-state index in [1.165, 1.54) is 0 Å². The van der Waals surface area contributed by atoms with Crippen molar-refractivity contribution >= 4 is 17.6 Å². The molecular weight excluding hydrogens is 446 g/mol. The van der Waals surface area contributed by atoms with E-state index in [1.807, 2.05) is 62.9 Å². The van der Waals surface area contributed by atoms with E-state index in [2.05, 4.69) is 15.1 Å². The number of carbonyl (C=O) groups excluding carboxylic acids is 2. The van der Waals surface area contributed by atoms with E-state index in [0.717, 1.165) is 17.8 Å². The van der Waals surface area contributed by atoms with Crippen molar-refractivity contribution in [2.45, 2.75) is 40.2 Å². The van der Waals surface area contributed by atoms with Gasteiger partial charge in [0, 0.05) is 49.8 Å². The van der Waals surface area contributed by atoms with Crippen molar-refractivity contribution in [3.63, 3.8) is 0 Å². The SMILES string of the molecule is CCC(C)N(CC(=O)N1CCN(c2ccc(-c3ccc(OC)cc3OC)nn2)CC1)C(=O)C(C)C. The first-order chi connectivity index (χ1) is 16.8. The largest absolute Gasteiger partial charge is 0.497 e. The van der Waals surface area contributed by atoms with E-state index in [-0.39, 0.29) is 30.3 Å². The molecule has 190 valence electrons. The average molecular weight is 484 g/mol. The Morgan fingerprint density at radius 2 is 1.71 bits per heavy atom. The van der Waals surface area contributed by atoms with Gasteiger partial charge in [-0.1, -0.05) is 20.8 Å². The minimum absolute atomic E-state index is 0.00742. The molecule has 1 aromatic carbocycles. The molecule has 1 aliphatic heterocycles. The summed E-state index contributed by atoms with van der Waals surface area (Å²) in [5.74, 6) is 2.03. The lowest BCUT2D eigenvalue weighted by Gasteiger charge is -2.37. The number of amides is 2. The Morgan fingerprint density at radius 1 is 1.00 bits per heavy atom. The fourth-order valence-electron chi connectivity index (χ4n) is 4.08. The third kappa shape index (κ3) is 6.21. The first-order valence-corrected chi connectivity index (χ1v) is 12.2. The molecule has 9 heteroatoms. The topological polar surface area (TPSA) is 88.1 Å². The van der Waals surface area contributed by atoms with Crippen LogP contribution in [0.5, 0.6) is 11.5 Å². The lowest BCUT2D eigenvalue weighted by atomic mass is 10.1. The number of rotatable bonds is 9. The Morgan fingerprint density at radius 3 is 2.26 bits per heavy atom. The van der Waals surface area contributed by atoms with Crippen LogP contribution in [0, 0.1) is 5.92 Å². The Hall–Kier alpha value is -3.36. The Labute approximate surface area is 208 Å². The molecular formula is C26H37N5O4. The van der Waals surface area contributed by atoms with Crippen LogP contribution in [-0.2, 0) is 9.59 Å². The summed E-state index contributed by atoms with van der Waals surface area (Å²) in [7, 11) is 3.23. The highest BCUT2D eigenvalue weighted by molar-refractivity contribution is 5.86. The van der Waals surface area contributed by atoms with Crippen LogP contribution in [0.2, 0.25) is 0 Å². The van der Waals surface area contributed by atoms with Crippen molar-refractivity contribution in [3.8, 4) is 22.8 Å². The molecule has 35 heavy (non-hydrogen) atoms. The molecule has 1 saturated heterocycles. The Kier molecular flexibility index (Phi) is 8.89. The first-order valence-electron chi connectivity index (χ1n) is 12.2. The van der Waals surface area contributed by atoms with Gasteiger partial charge in [-0.2, -0.15) is 0 Å². The number of carbonyl (C=O) groups is 2. The van der Waals surface area contributed by atoms with Gasteiger partial charge in [-0.05, 0) is 37.6 Å². The summed E-state index contributed by atoms with van der Waals surface area (Å²) in [5, 5.41) is 8.83. The van der Waals surface area contributed by atoms with E-state index in [0.29, 0.717) is 43.4 Å². The molecule has 2 aromatic rings. The van der Waals surface area contributed by atoms with Crippen LogP contribution in [0.1, 0.15) is 34.1 Å². The number of ether oxygens (including phenoxy) is 2. The predicted molar refractivity (Wildman–Crippen MR) is 136 cm³/mol. The molecule has 9 nitrogen and oxygen atoms in total. The predicted octanol–water partition coefficient (Wildman–Crippen LogP) is 3.09. The Bertz CT molecular complexity index is 1000. The number of methoxy groups -OCH3 is 2. The van der Waals surface area contributed by atoms with Crippen molar-refractivity contribution in [2.75, 3.05) is 51.8 Å². The average Bonchev–Trinajstić information content (AvgIpc) is 2.90. The number of anilines is 1. The number of nitrogens with zero attached hydrogens (tertiary/aromatic N) is 5. The normalized spacial score (nSPS) is 14.6. The van der Waals surface area contributed by atoms with Crippen molar-refractivity contribution < 1.29 is 19.1 Å². The van der Waals surface area contributed by atoms with E-state index >= 15 is 0 Å². The quantitative estimate of drug-likeness (QED) is 0.542. The van der Waals surface area contributed by atoms with Crippen molar-refractivity contribution in [3.05, 3.63) is 30.3 Å². The van der Waals surface area contributed by atoms with Crippen molar-refractivity contribution in [1.29, 1.82) is 0 Å². The number of hydrogen-bond donors (Lipinski definition) is 0. The minimum Gasteiger partial charge on any atom is -0.497 e.